The van der Waals surface area contributed by atoms with Gasteiger partial charge in [0.25, 0.3) is 0 Å². The highest BCUT2D eigenvalue weighted by Crippen LogP contribution is 2.45. The van der Waals surface area contributed by atoms with Crippen LogP contribution in [0.4, 0.5) is 17.6 Å². The largest absolute Gasteiger partial charge is 0.239 e. The molecule has 0 nitrogen and oxygen atoms in total. The molecule has 0 aromatic rings. The molecule has 2 saturated carbocycles. The first-order valence-corrected chi connectivity index (χ1v) is 12.3. The van der Waals surface area contributed by atoms with Crippen LogP contribution in [0.1, 0.15) is 71.6 Å². The van der Waals surface area contributed by atoms with Gasteiger partial charge in [-0.15, -0.1) is 0 Å². The van der Waals surface area contributed by atoms with Gasteiger partial charge >= 0.3 is 0 Å². The highest BCUT2D eigenvalue weighted by atomic mass is 19.2. The summed E-state index contributed by atoms with van der Waals surface area (Å²) >= 11 is 0. The zero-order chi connectivity index (χ0) is 22.1. The fourth-order valence-electron chi connectivity index (χ4n) is 6.21. The molecule has 0 amide bonds. The van der Waals surface area contributed by atoms with E-state index in [2.05, 4.69) is 6.92 Å². The number of alkyl halides is 4. The summed E-state index contributed by atoms with van der Waals surface area (Å²) in [5.41, 5.74) is 2.29. The van der Waals surface area contributed by atoms with Crippen LogP contribution < -0.4 is 0 Å². The van der Waals surface area contributed by atoms with Gasteiger partial charge in [-0.3, -0.25) is 0 Å². The maximum Gasteiger partial charge on any atom is 0.157 e. The predicted octanol–water partition coefficient (Wildman–Crippen LogP) is 8.11. The second-order valence-electron chi connectivity index (χ2n) is 10.2. The lowest BCUT2D eigenvalue weighted by Crippen LogP contribution is -2.34. The van der Waals surface area contributed by atoms with E-state index < -0.39 is 24.7 Å². The van der Waals surface area contributed by atoms with Gasteiger partial charge in [0.2, 0.25) is 0 Å². The zero-order valence-electron chi connectivity index (χ0n) is 18.8. The first kappa shape index (κ1) is 22.9. The average molecular weight is 437 g/mol. The lowest BCUT2D eigenvalue weighted by Gasteiger charge is -2.37. The number of rotatable bonds is 4. The normalized spacial score (nSPS) is 41.7. The van der Waals surface area contributed by atoms with Crippen molar-refractivity contribution in [3.63, 3.8) is 0 Å². The van der Waals surface area contributed by atoms with Gasteiger partial charge in [0, 0.05) is 0 Å². The Balaban J connectivity index is 1.41. The van der Waals surface area contributed by atoms with E-state index >= 15 is 8.78 Å². The van der Waals surface area contributed by atoms with Crippen molar-refractivity contribution in [3.8, 4) is 0 Å². The first-order valence-electron chi connectivity index (χ1n) is 12.3. The Labute approximate surface area is 184 Å². The Bertz CT molecular complexity index is 760. The fourth-order valence-corrected chi connectivity index (χ4v) is 6.21. The van der Waals surface area contributed by atoms with Gasteiger partial charge in [-0.2, -0.15) is 0 Å². The van der Waals surface area contributed by atoms with E-state index in [-0.39, 0.29) is 17.8 Å². The van der Waals surface area contributed by atoms with Crippen LogP contribution >= 0.6 is 0 Å². The molecule has 0 saturated heterocycles. The summed E-state index contributed by atoms with van der Waals surface area (Å²) in [6.07, 6.45) is 8.42. The van der Waals surface area contributed by atoms with Crippen LogP contribution in [0.5, 0.6) is 0 Å². The van der Waals surface area contributed by atoms with E-state index in [1.165, 1.54) is 0 Å². The van der Waals surface area contributed by atoms with Crippen molar-refractivity contribution in [1.29, 1.82) is 0 Å². The molecule has 4 rings (SSSR count). The van der Waals surface area contributed by atoms with Crippen LogP contribution in [-0.2, 0) is 0 Å². The summed E-state index contributed by atoms with van der Waals surface area (Å²) in [7, 11) is 0. The third kappa shape index (κ3) is 4.59. The lowest BCUT2D eigenvalue weighted by atomic mass is 9.70. The Morgan fingerprint density at radius 3 is 1.35 bits per heavy atom. The van der Waals surface area contributed by atoms with Gasteiger partial charge in [0.15, 0.2) is 24.7 Å². The Kier molecular flexibility index (Phi) is 7.13. The molecule has 0 heterocycles. The fraction of sp³-hybridized carbons (Fsp3) is 0.704. The Morgan fingerprint density at radius 1 is 0.581 bits per heavy atom. The average Bonchev–Trinajstić information content (AvgIpc) is 2.78. The Hall–Kier alpha value is -1.32. The molecule has 0 N–H and O–H groups in total. The molecule has 4 unspecified atom stereocenters. The van der Waals surface area contributed by atoms with E-state index in [0.29, 0.717) is 60.3 Å². The smallest absolute Gasteiger partial charge is 0.157 e. The van der Waals surface area contributed by atoms with E-state index in [1.807, 2.05) is 19.1 Å². The maximum atomic E-state index is 15.1. The van der Waals surface area contributed by atoms with Gasteiger partial charge in [0.1, 0.15) is 0 Å². The van der Waals surface area contributed by atoms with E-state index in [4.69, 9.17) is 0 Å². The third-order valence-corrected chi connectivity index (χ3v) is 8.35. The zero-order valence-corrected chi connectivity index (χ0v) is 18.8. The molecule has 0 radical (unpaired) electrons. The van der Waals surface area contributed by atoms with Gasteiger partial charge in [-0.25, -0.2) is 17.6 Å². The van der Waals surface area contributed by atoms with Crippen LogP contribution in [-0.4, -0.2) is 24.7 Å². The van der Waals surface area contributed by atoms with Crippen molar-refractivity contribution in [2.24, 2.45) is 23.7 Å². The number of allylic oxidation sites excluding steroid dienone is 8. The summed E-state index contributed by atoms with van der Waals surface area (Å²) in [4.78, 5) is 0. The summed E-state index contributed by atoms with van der Waals surface area (Å²) in [6.45, 7) is 4.07. The van der Waals surface area contributed by atoms with Crippen molar-refractivity contribution >= 4 is 0 Å². The molecule has 4 atom stereocenters. The molecule has 0 aromatic heterocycles. The van der Waals surface area contributed by atoms with Gasteiger partial charge in [-0.1, -0.05) is 51.0 Å². The minimum absolute atomic E-state index is 0.00107. The second-order valence-corrected chi connectivity index (χ2v) is 10.2. The highest BCUT2D eigenvalue weighted by molar-refractivity contribution is 5.36. The molecule has 4 aliphatic rings. The van der Waals surface area contributed by atoms with Gasteiger partial charge < -0.3 is 0 Å². The molecule has 0 aromatic carbocycles. The van der Waals surface area contributed by atoms with Crippen LogP contribution in [0.15, 0.2) is 46.6 Å². The first-order chi connectivity index (χ1) is 14.9. The number of halogens is 4. The Morgan fingerprint density at radius 2 is 0.935 bits per heavy atom. The van der Waals surface area contributed by atoms with Crippen molar-refractivity contribution in [2.45, 2.75) is 96.3 Å². The molecular weight excluding hydrogens is 400 g/mol. The summed E-state index contributed by atoms with van der Waals surface area (Å²) < 4.78 is 59.2. The van der Waals surface area contributed by atoms with Crippen molar-refractivity contribution in [2.75, 3.05) is 0 Å². The van der Waals surface area contributed by atoms with Crippen LogP contribution in [0.2, 0.25) is 0 Å². The lowest BCUT2D eigenvalue weighted by molar-refractivity contribution is 0.170. The van der Waals surface area contributed by atoms with E-state index in [0.717, 1.165) is 25.7 Å². The molecule has 4 heteroatoms. The summed E-state index contributed by atoms with van der Waals surface area (Å²) in [5.74, 6) is 0.852. The second kappa shape index (κ2) is 9.67. The summed E-state index contributed by atoms with van der Waals surface area (Å²) in [6, 6.07) is 0. The molecule has 2 fully saturated rings. The minimum Gasteiger partial charge on any atom is -0.239 e. The topological polar surface area (TPSA) is 0 Å². The van der Waals surface area contributed by atoms with E-state index in [9.17, 15) is 8.78 Å². The molecule has 0 aliphatic heterocycles. The molecule has 172 valence electrons. The minimum atomic E-state index is -1.57. The standard InChI is InChI=1S/C27H36F4/c1-3-17-12-13-21(25(29)24(17)28)19-8-10-20(11-9-19)23-15-14-22(26(30)27(23)31)18-6-4-16(2)5-7-18/h12-16,18-20,24-27H,3-11H2,1-2H3. The number of hydrogen-bond acceptors (Lipinski definition) is 0. The highest BCUT2D eigenvalue weighted by Gasteiger charge is 2.40. The SMILES string of the molecule is CCC1=CC=C(C2CCC(C3=CC=C(C4CCC(C)CC4)C(F)C3F)CC2)C(F)C1F. The molecule has 4 aliphatic carbocycles. The molecule has 0 spiro atoms. The van der Waals surface area contributed by atoms with E-state index in [1.54, 1.807) is 12.2 Å². The van der Waals surface area contributed by atoms with Crippen molar-refractivity contribution in [1.82, 2.24) is 0 Å². The van der Waals surface area contributed by atoms with Crippen LogP contribution in [0, 0.1) is 23.7 Å². The van der Waals surface area contributed by atoms with Crippen molar-refractivity contribution in [3.05, 3.63) is 46.6 Å². The van der Waals surface area contributed by atoms with Crippen LogP contribution in [0.3, 0.4) is 0 Å². The van der Waals surface area contributed by atoms with Gasteiger partial charge in [0.05, 0.1) is 0 Å². The van der Waals surface area contributed by atoms with Gasteiger partial charge in [-0.05, 0) is 90.9 Å². The maximum absolute atomic E-state index is 15.1. The summed E-state index contributed by atoms with van der Waals surface area (Å²) in [5, 5.41) is 0. The van der Waals surface area contributed by atoms with Crippen molar-refractivity contribution < 1.29 is 17.6 Å². The monoisotopic (exact) mass is 436 g/mol. The molecule has 0 bridgehead atoms. The van der Waals surface area contributed by atoms with Crippen LogP contribution in [0.25, 0.3) is 0 Å². The predicted molar refractivity (Wildman–Crippen MR) is 119 cm³/mol. The third-order valence-electron chi connectivity index (χ3n) is 8.35. The molecule has 31 heavy (non-hydrogen) atoms. The quantitative estimate of drug-likeness (QED) is 0.390. The number of hydrogen-bond donors (Lipinski definition) is 0. The molecular formula is C27H36F4.